The maximum Gasteiger partial charge on any atom is 0.243 e. The highest BCUT2D eigenvalue weighted by Crippen LogP contribution is 2.24. The zero-order valence-corrected chi connectivity index (χ0v) is 11.7. The molecule has 2 aromatic rings. The van der Waals surface area contributed by atoms with Gasteiger partial charge in [0.25, 0.3) is 0 Å². The maximum atomic E-state index is 12.2. The van der Waals surface area contributed by atoms with Gasteiger partial charge in [-0.2, -0.15) is 0 Å². The molecule has 0 spiro atoms. The SMILES string of the molecule is CC(NS(=O)(=O)c1cc(Cl)ccc1N)c1ccco1. The number of rotatable bonds is 4. The quantitative estimate of drug-likeness (QED) is 0.850. The minimum absolute atomic E-state index is 0.0431. The van der Waals surface area contributed by atoms with E-state index in [1.807, 2.05) is 0 Å². The summed E-state index contributed by atoms with van der Waals surface area (Å²) in [5.74, 6) is 0.518. The Balaban J connectivity index is 2.30. The van der Waals surface area contributed by atoms with Crippen LogP contribution in [0.2, 0.25) is 5.02 Å². The molecule has 1 unspecified atom stereocenters. The van der Waals surface area contributed by atoms with Crippen LogP contribution >= 0.6 is 11.6 Å². The van der Waals surface area contributed by atoms with Crippen LogP contribution in [-0.2, 0) is 10.0 Å². The third kappa shape index (κ3) is 3.09. The minimum Gasteiger partial charge on any atom is -0.468 e. The predicted octanol–water partition coefficient (Wildman–Crippen LogP) is 2.55. The summed E-state index contributed by atoms with van der Waals surface area (Å²) in [5.41, 5.74) is 5.81. The molecule has 19 heavy (non-hydrogen) atoms. The molecule has 7 heteroatoms. The average Bonchev–Trinajstić information content (AvgIpc) is 2.85. The number of sulfonamides is 1. The summed E-state index contributed by atoms with van der Waals surface area (Å²) in [5, 5.41) is 0.306. The standard InChI is InChI=1S/C12H13ClN2O3S/c1-8(11-3-2-6-18-11)15-19(16,17)12-7-9(13)4-5-10(12)14/h2-8,15H,14H2,1H3. The van der Waals surface area contributed by atoms with Crippen LogP contribution in [-0.4, -0.2) is 8.42 Å². The third-order valence-corrected chi connectivity index (χ3v) is 4.40. The molecule has 2 rings (SSSR count). The molecule has 3 N–H and O–H groups in total. The van der Waals surface area contributed by atoms with Crippen LogP contribution in [0, 0.1) is 0 Å². The lowest BCUT2D eigenvalue weighted by Crippen LogP contribution is -2.27. The Morgan fingerprint density at radius 3 is 2.74 bits per heavy atom. The topological polar surface area (TPSA) is 85.3 Å². The molecule has 0 aliphatic heterocycles. The van der Waals surface area contributed by atoms with E-state index in [0.29, 0.717) is 10.8 Å². The van der Waals surface area contributed by atoms with Crippen molar-refractivity contribution in [3.8, 4) is 0 Å². The summed E-state index contributed by atoms with van der Waals surface area (Å²) in [7, 11) is -3.76. The van der Waals surface area contributed by atoms with E-state index in [1.54, 1.807) is 19.1 Å². The average molecular weight is 301 g/mol. The van der Waals surface area contributed by atoms with Gasteiger partial charge in [-0.1, -0.05) is 11.6 Å². The Hall–Kier alpha value is -1.50. The third-order valence-electron chi connectivity index (χ3n) is 2.57. The molecule has 1 heterocycles. The van der Waals surface area contributed by atoms with Crippen molar-refractivity contribution in [2.24, 2.45) is 0 Å². The van der Waals surface area contributed by atoms with Crippen LogP contribution in [0.15, 0.2) is 45.9 Å². The van der Waals surface area contributed by atoms with Gasteiger partial charge in [-0.3, -0.25) is 0 Å². The number of nitrogens with two attached hydrogens (primary N) is 1. The number of furan rings is 1. The van der Waals surface area contributed by atoms with Gasteiger partial charge in [0.15, 0.2) is 0 Å². The molecular formula is C12H13ClN2O3S. The van der Waals surface area contributed by atoms with E-state index in [2.05, 4.69) is 4.72 Å². The predicted molar refractivity (Wildman–Crippen MR) is 73.3 cm³/mol. The molecule has 1 atom stereocenters. The van der Waals surface area contributed by atoms with Crippen molar-refractivity contribution in [1.82, 2.24) is 4.72 Å². The van der Waals surface area contributed by atoms with E-state index in [9.17, 15) is 8.42 Å². The summed E-state index contributed by atoms with van der Waals surface area (Å²) in [6, 6.07) is 7.18. The van der Waals surface area contributed by atoms with Gasteiger partial charge < -0.3 is 10.2 Å². The molecule has 0 radical (unpaired) electrons. The van der Waals surface area contributed by atoms with Crippen molar-refractivity contribution in [3.63, 3.8) is 0 Å². The van der Waals surface area contributed by atoms with Crippen LogP contribution in [0.5, 0.6) is 0 Å². The molecule has 0 saturated carbocycles. The van der Waals surface area contributed by atoms with Gasteiger partial charge in [0.2, 0.25) is 10.0 Å². The summed E-state index contributed by atoms with van der Waals surface area (Å²) >= 11 is 5.79. The Morgan fingerprint density at radius 1 is 1.37 bits per heavy atom. The van der Waals surface area contributed by atoms with Gasteiger partial charge >= 0.3 is 0 Å². The monoisotopic (exact) mass is 300 g/mol. The summed E-state index contributed by atoms with van der Waals surface area (Å²) in [4.78, 5) is -0.0431. The van der Waals surface area contributed by atoms with E-state index in [4.69, 9.17) is 21.8 Å². The molecule has 0 fully saturated rings. The smallest absolute Gasteiger partial charge is 0.243 e. The normalized spacial score (nSPS) is 13.4. The van der Waals surface area contributed by atoms with Crippen molar-refractivity contribution in [2.75, 3.05) is 5.73 Å². The van der Waals surface area contributed by atoms with Crippen molar-refractivity contribution < 1.29 is 12.8 Å². The first-order valence-electron chi connectivity index (χ1n) is 5.51. The fourth-order valence-electron chi connectivity index (χ4n) is 1.63. The first kappa shape index (κ1) is 13.9. The number of nitrogens with one attached hydrogen (secondary N) is 1. The van der Waals surface area contributed by atoms with E-state index < -0.39 is 16.1 Å². The van der Waals surface area contributed by atoms with E-state index in [-0.39, 0.29) is 10.6 Å². The highest BCUT2D eigenvalue weighted by molar-refractivity contribution is 7.89. The van der Waals surface area contributed by atoms with Crippen molar-refractivity contribution >= 4 is 27.3 Å². The van der Waals surface area contributed by atoms with E-state index in [1.165, 1.54) is 24.5 Å². The molecule has 102 valence electrons. The first-order valence-corrected chi connectivity index (χ1v) is 7.37. The highest BCUT2D eigenvalue weighted by atomic mass is 35.5. The lowest BCUT2D eigenvalue weighted by Gasteiger charge is -2.13. The fraction of sp³-hybridized carbons (Fsp3) is 0.167. The van der Waals surface area contributed by atoms with Crippen molar-refractivity contribution in [2.45, 2.75) is 17.9 Å². The molecular weight excluding hydrogens is 288 g/mol. The van der Waals surface area contributed by atoms with E-state index in [0.717, 1.165) is 0 Å². The van der Waals surface area contributed by atoms with Gasteiger partial charge in [0.05, 0.1) is 18.0 Å². The Morgan fingerprint density at radius 2 is 2.11 bits per heavy atom. The zero-order valence-electron chi connectivity index (χ0n) is 10.1. The molecule has 1 aromatic carbocycles. The van der Waals surface area contributed by atoms with Gasteiger partial charge in [-0.05, 0) is 37.3 Å². The number of benzene rings is 1. The van der Waals surface area contributed by atoms with Gasteiger partial charge in [0.1, 0.15) is 10.7 Å². The summed E-state index contributed by atoms with van der Waals surface area (Å²) < 4.78 is 32.1. The largest absolute Gasteiger partial charge is 0.468 e. The summed E-state index contributed by atoms with van der Waals surface area (Å²) in [6.07, 6.45) is 1.48. The number of nitrogen functional groups attached to an aromatic ring is 1. The van der Waals surface area contributed by atoms with Gasteiger partial charge in [-0.15, -0.1) is 0 Å². The van der Waals surface area contributed by atoms with Crippen molar-refractivity contribution in [1.29, 1.82) is 0 Å². The van der Waals surface area contributed by atoms with Crippen LogP contribution in [0.1, 0.15) is 18.7 Å². The van der Waals surface area contributed by atoms with Crippen molar-refractivity contribution in [3.05, 3.63) is 47.4 Å². The lowest BCUT2D eigenvalue weighted by molar-refractivity contribution is 0.459. The second-order valence-corrected chi connectivity index (χ2v) is 6.16. The van der Waals surface area contributed by atoms with E-state index >= 15 is 0 Å². The Bertz CT molecular complexity index is 668. The zero-order chi connectivity index (χ0) is 14.0. The highest BCUT2D eigenvalue weighted by Gasteiger charge is 2.22. The van der Waals surface area contributed by atoms with Gasteiger partial charge in [0, 0.05) is 5.02 Å². The van der Waals surface area contributed by atoms with Crippen LogP contribution in [0.4, 0.5) is 5.69 Å². The van der Waals surface area contributed by atoms with Crippen LogP contribution < -0.4 is 10.5 Å². The number of hydrogen-bond acceptors (Lipinski definition) is 4. The maximum absolute atomic E-state index is 12.2. The molecule has 0 aliphatic rings. The molecule has 0 bridgehead atoms. The van der Waals surface area contributed by atoms with Crippen LogP contribution in [0.25, 0.3) is 0 Å². The second kappa shape index (κ2) is 5.24. The number of halogens is 1. The number of anilines is 1. The van der Waals surface area contributed by atoms with Gasteiger partial charge in [-0.25, -0.2) is 13.1 Å². The Kier molecular flexibility index (Phi) is 3.84. The Labute approximate surface area is 116 Å². The lowest BCUT2D eigenvalue weighted by atomic mass is 10.3. The fourth-order valence-corrected chi connectivity index (χ4v) is 3.24. The summed E-state index contributed by atoms with van der Waals surface area (Å²) in [6.45, 7) is 1.68. The molecule has 0 aliphatic carbocycles. The second-order valence-electron chi connectivity index (χ2n) is 4.04. The molecule has 1 aromatic heterocycles. The van der Waals surface area contributed by atoms with Crippen LogP contribution in [0.3, 0.4) is 0 Å². The minimum atomic E-state index is -3.76. The molecule has 5 nitrogen and oxygen atoms in total. The first-order chi connectivity index (χ1) is 8.90. The molecule has 0 amide bonds. The molecule has 0 saturated heterocycles. The number of hydrogen-bond donors (Lipinski definition) is 2.